The van der Waals surface area contributed by atoms with Crippen LogP contribution in [0.5, 0.6) is 0 Å². The molecule has 2 nitrogen and oxygen atoms in total. The third kappa shape index (κ3) is 4.52. The number of hydrogen-bond acceptors (Lipinski definition) is 2. The lowest BCUT2D eigenvalue weighted by molar-refractivity contribution is 0.161. The third-order valence-electron chi connectivity index (χ3n) is 3.26. The van der Waals surface area contributed by atoms with Gasteiger partial charge in [0, 0.05) is 18.1 Å². The average Bonchev–Trinajstić information content (AvgIpc) is 2.25. The second-order valence-corrected chi connectivity index (χ2v) is 6.11. The van der Waals surface area contributed by atoms with Crippen molar-refractivity contribution in [1.29, 1.82) is 0 Å². The molecule has 15 heavy (non-hydrogen) atoms. The van der Waals surface area contributed by atoms with Crippen molar-refractivity contribution in [2.24, 2.45) is 5.92 Å². The number of rotatable bonds is 3. The first kappa shape index (κ1) is 13.0. The zero-order valence-corrected chi connectivity index (χ0v) is 11.1. The van der Waals surface area contributed by atoms with E-state index in [1.807, 2.05) is 0 Å². The fraction of sp³-hybridized carbons (Fsp3) is 1.00. The fourth-order valence-corrected chi connectivity index (χ4v) is 2.56. The largest absolute Gasteiger partial charge is 0.310 e. The molecule has 0 saturated carbocycles. The quantitative estimate of drug-likeness (QED) is 0.773. The summed E-state index contributed by atoms with van der Waals surface area (Å²) in [6.07, 6.45) is 2.60. The topological polar surface area (TPSA) is 15.3 Å². The van der Waals surface area contributed by atoms with Crippen LogP contribution in [0.1, 0.15) is 47.5 Å². The Labute approximate surface area is 95.4 Å². The van der Waals surface area contributed by atoms with Crippen LogP contribution in [0.3, 0.4) is 0 Å². The molecule has 0 aromatic carbocycles. The second kappa shape index (κ2) is 5.31. The van der Waals surface area contributed by atoms with Crippen LogP contribution in [0.2, 0.25) is 0 Å². The van der Waals surface area contributed by atoms with Crippen molar-refractivity contribution in [3.8, 4) is 0 Å². The van der Waals surface area contributed by atoms with Crippen LogP contribution >= 0.6 is 0 Å². The van der Waals surface area contributed by atoms with Crippen molar-refractivity contribution >= 4 is 0 Å². The summed E-state index contributed by atoms with van der Waals surface area (Å²) < 4.78 is 0. The Morgan fingerprint density at radius 3 is 2.53 bits per heavy atom. The molecule has 1 heterocycles. The Hall–Kier alpha value is -0.0800. The van der Waals surface area contributed by atoms with Gasteiger partial charge in [0.2, 0.25) is 0 Å². The van der Waals surface area contributed by atoms with Crippen LogP contribution in [-0.2, 0) is 0 Å². The smallest absolute Gasteiger partial charge is 0.0252 e. The van der Waals surface area contributed by atoms with Crippen molar-refractivity contribution in [3.63, 3.8) is 0 Å². The molecule has 2 heteroatoms. The van der Waals surface area contributed by atoms with E-state index in [9.17, 15) is 0 Å². The zero-order chi connectivity index (χ0) is 11.5. The van der Waals surface area contributed by atoms with Gasteiger partial charge in [0.1, 0.15) is 0 Å². The lowest BCUT2D eigenvalue weighted by Gasteiger charge is -2.34. The highest BCUT2D eigenvalue weighted by atomic mass is 15.2. The lowest BCUT2D eigenvalue weighted by Crippen LogP contribution is -2.48. The van der Waals surface area contributed by atoms with E-state index in [0.29, 0.717) is 0 Å². The van der Waals surface area contributed by atoms with Gasteiger partial charge in [-0.3, -0.25) is 4.90 Å². The van der Waals surface area contributed by atoms with Gasteiger partial charge >= 0.3 is 0 Å². The predicted molar refractivity (Wildman–Crippen MR) is 67.2 cm³/mol. The minimum atomic E-state index is 0.280. The van der Waals surface area contributed by atoms with Gasteiger partial charge < -0.3 is 5.32 Å². The van der Waals surface area contributed by atoms with Gasteiger partial charge in [-0.2, -0.15) is 0 Å². The van der Waals surface area contributed by atoms with Gasteiger partial charge in [0.25, 0.3) is 0 Å². The molecule has 1 rings (SSSR count). The van der Waals surface area contributed by atoms with Crippen LogP contribution in [0.25, 0.3) is 0 Å². The summed E-state index contributed by atoms with van der Waals surface area (Å²) in [4.78, 5) is 2.65. The summed E-state index contributed by atoms with van der Waals surface area (Å²) in [6.45, 7) is 15.2. The normalized spacial score (nSPS) is 25.2. The molecule has 0 spiro atoms. The van der Waals surface area contributed by atoms with Crippen LogP contribution < -0.4 is 5.32 Å². The van der Waals surface area contributed by atoms with Crippen molar-refractivity contribution < 1.29 is 0 Å². The molecule has 0 radical (unpaired) electrons. The Morgan fingerprint density at radius 2 is 1.93 bits per heavy atom. The van der Waals surface area contributed by atoms with Gasteiger partial charge in [-0.1, -0.05) is 13.8 Å². The monoisotopic (exact) mass is 212 g/mol. The van der Waals surface area contributed by atoms with Crippen LogP contribution in [0.4, 0.5) is 0 Å². The second-order valence-electron chi connectivity index (χ2n) is 6.11. The van der Waals surface area contributed by atoms with Crippen molar-refractivity contribution in [2.75, 3.05) is 19.6 Å². The molecule has 1 saturated heterocycles. The maximum Gasteiger partial charge on any atom is 0.0252 e. The van der Waals surface area contributed by atoms with Gasteiger partial charge in [0.15, 0.2) is 0 Å². The maximum absolute atomic E-state index is 3.62. The third-order valence-corrected chi connectivity index (χ3v) is 3.26. The minimum absolute atomic E-state index is 0.280. The van der Waals surface area contributed by atoms with Crippen molar-refractivity contribution in [1.82, 2.24) is 10.2 Å². The van der Waals surface area contributed by atoms with E-state index < -0.39 is 0 Å². The van der Waals surface area contributed by atoms with E-state index in [4.69, 9.17) is 0 Å². The number of hydrogen-bond donors (Lipinski definition) is 1. The van der Waals surface area contributed by atoms with Crippen molar-refractivity contribution in [2.45, 2.75) is 59.0 Å². The average molecular weight is 212 g/mol. The SMILES string of the molecule is CC(C)CC(C)N1CCCNC(C)(C)C1. The number of nitrogens with one attached hydrogen (secondary N) is 1. The van der Waals surface area contributed by atoms with Crippen LogP contribution in [-0.4, -0.2) is 36.1 Å². The Morgan fingerprint density at radius 1 is 1.27 bits per heavy atom. The molecule has 90 valence electrons. The summed E-state index contributed by atoms with van der Waals surface area (Å²) >= 11 is 0. The van der Waals surface area contributed by atoms with Gasteiger partial charge in [0.05, 0.1) is 0 Å². The molecular weight excluding hydrogens is 184 g/mol. The molecule has 1 N–H and O–H groups in total. The lowest BCUT2D eigenvalue weighted by atomic mass is 10.0. The summed E-state index contributed by atoms with van der Waals surface area (Å²) in [5.74, 6) is 0.805. The minimum Gasteiger partial charge on any atom is -0.310 e. The molecule has 0 bridgehead atoms. The molecule has 0 aromatic heterocycles. The first-order valence-electron chi connectivity index (χ1n) is 6.40. The summed E-state index contributed by atoms with van der Waals surface area (Å²) in [6, 6.07) is 0.726. The molecule has 1 aliphatic rings. The standard InChI is InChI=1S/C13H28N2/c1-11(2)9-12(3)15-8-6-7-14-13(4,5)10-15/h11-12,14H,6-10H2,1-5H3. The molecule has 1 fully saturated rings. The van der Waals surface area contributed by atoms with Gasteiger partial charge in [-0.15, -0.1) is 0 Å². The zero-order valence-electron chi connectivity index (χ0n) is 11.1. The van der Waals surface area contributed by atoms with E-state index in [-0.39, 0.29) is 5.54 Å². The first-order valence-corrected chi connectivity index (χ1v) is 6.40. The Bertz CT molecular complexity index is 187. The molecule has 0 aliphatic carbocycles. The van der Waals surface area contributed by atoms with Crippen molar-refractivity contribution in [3.05, 3.63) is 0 Å². The molecule has 1 aliphatic heterocycles. The number of nitrogens with zero attached hydrogens (tertiary/aromatic N) is 1. The van der Waals surface area contributed by atoms with E-state index in [1.54, 1.807) is 0 Å². The highest BCUT2D eigenvalue weighted by Gasteiger charge is 2.26. The highest BCUT2D eigenvalue weighted by Crippen LogP contribution is 2.17. The highest BCUT2D eigenvalue weighted by molar-refractivity contribution is 4.86. The summed E-state index contributed by atoms with van der Waals surface area (Å²) in [7, 11) is 0. The molecule has 0 amide bonds. The Kier molecular flexibility index (Phi) is 4.60. The van der Waals surface area contributed by atoms with E-state index in [1.165, 1.54) is 25.9 Å². The van der Waals surface area contributed by atoms with Gasteiger partial charge in [-0.05, 0) is 52.6 Å². The molecule has 0 aromatic rings. The van der Waals surface area contributed by atoms with Gasteiger partial charge in [-0.25, -0.2) is 0 Å². The van der Waals surface area contributed by atoms with E-state index in [2.05, 4.69) is 44.8 Å². The molecule has 1 atom stereocenters. The fourth-order valence-electron chi connectivity index (χ4n) is 2.56. The first-order chi connectivity index (χ1) is 6.91. The Balaban J connectivity index is 2.52. The molecule has 1 unspecified atom stereocenters. The maximum atomic E-state index is 3.62. The van der Waals surface area contributed by atoms with Crippen LogP contribution in [0, 0.1) is 5.92 Å². The van der Waals surface area contributed by atoms with E-state index >= 15 is 0 Å². The van der Waals surface area contributed by atoms with E-state index in [0.717, 1.165) is 18.5 Å². The summed E-state index contributed by atoms with van der Waals surface area (Å²) in [5, 5.41) is 3.62. The predicted octanol–water partition coefficient (Wildman–Crippen LogP) is 2.49. The molecular formula is C13H28N2. The summed E-state index contributed by atoms with van der Waals surface area (Å²) in [5.41, 5.74) is 0.280. The van der Waals surface area contributed by atoms with Crippen LogP contribution in [0.15, 0.2) is 0 Å².